The van der Waals surface area contributed by atoms with Crippen LogP contribution < -0.4 is 10.5 Å². The lowest BCUT2D eigenvalue weighted by molar-refractivity contribution is -0.134. The minimum Gasteiger partial charge on any atom is -0.396 e. The smallest absolute Gasteiger partial charge is 0.241 e. The number of aryl methyl sites for hydroxylation is 1. The number of nitrogens with two attached hydrogens (primary N) is 1. The first kappa shape index (κ1) is 23.9. The number of carbonyl (C=O) groups is 1. The van der Waals surface area contributed by atoms with Gasteiger partial charge in [-0.3, -0.25) is 4.79 Å². The van der Waals surface area contributed by atoms with Gasteiger partial charge in [0.05, 0.1) is 20.6 Å². The largest absolute Gasteiger partial charge is 0.396 e. The third-order valence-electron chi connectivity index (χ3n) is 5.62. The Hall–Kier alpha value is -1.80. The van der Waals surface area contributed by atoms with E-state index in [1.807, 2.05) is 30.3 Å². The second kappa shape index (κ2) is 10.2. The Labute approximate surface area is 193 Å². The van der Waals surface area contributed by atoms with Crippen LogP contribution in [0.15, 0.2) is 47.4 Å². The topological polar surface area (TPSA) is 92.5 Å². The number of carbonyl (C=O) groups excluding carboxylic acids is 1. The molecule has 9 heteroatoms. The minimum absolute atomic E-state index is 0.0463. The summed E-state index contributed by atoms with van der Waals surface area (Å²) >= 11 is 12.0. The first-order valence-corrected chi connectivity index (χ1v) is 12.5. The van der Waals surface area contributed by atoms with E-state index in [1.54, 1.807) is 4.90 Å². The van der Waals surface area contributed by atoms with Gasteiger partial charge in [0.15, 0.2) is 0 Å². The fourth-order valence-corrected chi connectivity index (χ4v) is 5.50. The third-order valence-corrected chi connectivity index (χ3v) is 7.69. The summed E-state index contributed by atoms with van der Waals surface area (Å²) in [6.07, 6.45) is 2.72. The highest BCUT2D eigenvalue weighted by Crippen LogP contribution is 2.31. The van der Waals surface area contributed by atoms with Crippen LogP contribution in [0.1, 0.15) is 31.7 Å². The average Bonchev–Trinajstić information content (AvgIpc) is 2.75. The molecule has 1 heterocycles. The lowest BCUT2D eigenvalue weighted by Crippen LogP contribution is -2.50. The number of nitrogen functional groups attached to an aromatic ring is 1. The van der Waals surface area contributed by atoms with Crippen LogP contribution in [0.2, 0.25) is 10.0 Å². The average molecular weight is 484 g/mol. The Morgan fingerprint density at radius 3 is 2.32 bits per heavy atom. The monoisotopic (exact) mass is 483 g/mol. The zero-order valence-electron chi connectivity index (χ0n) is 17.4. The molecule has 0 saturated carbocycles. The van der Waals surface area contributed by atoms with Gasteiger partial charge in [0.2, 0.25) is 15.9 Å². The van der Waals surface area contributed by atoms with E-state index in [-0.39, 0.29) is 26.5 Å². The predicted octanol–water partition coefficient (Wildman–Crippen LogP) is 4.11. The highest BCUT2D eigenvalue weighted by molar-refractivity contribution is 7.89. The number of likely N-dealkylation sites (tertiary alicyclic amines) is 1. The number of hydrogen-bond acceptors (Lipinski definition) is 4. The quantitative estimate of drug-likeness (QED) is 0.579. The Bertz CT molecular complexity index is 1000. The van der Waals surface area contributed by atoms with Gasteiger partial charge in [-0.2, -0.15) is 4.72 Å². The number of rotatable bonds is 7. The summed E-state index contributed by atoms with van der Waals surface area (Å²) < 4.78 is 28.7. The molecule has 0 bridgehead atoms. The summed E-state index contributed by atoms with van der Waals surface area (Å²) in [6.45, 7) is 3.41. The zero-order chi connectivity index (χ0) is 22.6. The van der Waals surface area contributed by atoms with Gasteiger partial charge in [0.1, 0.15) is 6.04 Å². The number of nitrogens with zero attached hydrogens (tertiary/aromatic N) is 1. The molecule has 1 unspecified atom stereocenters. The Morgan fingerprint density at radius 2 is 1.74 bits per heavy atom. The van der Waals surface area contributed by atoms with Crippen LogP contribution in [-0.2, 0) is 21.2 Å². The van der Waals surface area contributed by atoms with Gasteiger partial charge in [-0.1, -0.05) is 60.5 Å². The molecule has 168 valence electrons. The minimum atomic E-state index is -4.04. The Balaban J connectivity index is 1.83. The van der Waals surface area contributed by atoms with E-state index in [0.29, 0.717) is 31.8 Å². The van der Waals surface area contributed by atoms with Crippen molar-refractivity contribution >= 4 is 44.8 Å². The molecule has 0 aromatic heterocycles. The standard InChI is InChI=1S/C22H27Cl2N3O3S/c1-15-9-11-27(12-10-15)22(28)20(8-7-16-5-3-2-4-6-16)26-31(29,30)17-13-18(23)21(25)19(24)14-17/h2-6,13-15,20,26H,7-12,25H2,1H3. The van der Waals surface area contributed by atoms with Gasteiger partial charge in [0, 0.05) is 13.1 Å². The van der Waals surface area contributed by atoms with Gasteiger partial charge in [-0.15, -0.1) is 0 Å². The van der Waals surface area contributed by atoms with E-state index in [1.165, 1.54) is 12.1 Å². The molecule has 1 amide bonds. The summed E-state index contributed by atoms with van der Waals surface area (Å²) in [7, 11) is -4.04. The van der Waals surface area contributed by atoms with Crippen molar-refractivity contribution in [1.29, 1.82) is 0 Å². The highest BCUT2D eigenvalue weighted by Gasteiger charge is 2.31. The molecule has 0 radical (unpaired) electrons. The molecular weight excluding hydrogens is 457 g/mol. The lowest BCUT2D eigenvalue weighted by Gasteiger charge is -2.33. The fourth-order valence-electron chi connectivity index (χ4n) is 3.61. The molecule has 1 atom stereocenters. The maximum atomic E-state index is 13.3. The van der Waals surface area contributed by atoms with Gasteiger partial charge >= 0.3 is 0 Å². The molecule has 1 saturated heterocycles. The Morgan fingerprint density at radius 1 is 1.16 bits per heavy atom. The van der Waals surface area contributed by atoms with Crippen molar-refractivity contribution < 1.29 is 13.2 Å². The number of hydrogen-bond donors (Lipinski definition) is 2. The van der Waals surface area contributed by atoms with Gasteiger partial charge < -0.3 is 10.6 Å². The molecule has 1 fully saturated rings. The molecule has 3 rings (SSSR count). The zero-order valence-corrected chi connectivity index (χ0v) is 19.7. The molecule has 1 aliphatic heterocycles. The van der Waals surface area contributed by atoms with Crippen LogP contribution in [0.5, 0.6) is 0 Å². The molecular formula is C22H27Cl2N3O3S. The van der Waals surface area contributed by atoms with Gasteiger partial charge in [-0.25, -0.2) is 8.42 Å². The van der Waals surface area contributed by atoms with Crippen LogP contribution in [0.25, 0.3) is 0 Å². The van der Waals surface area contributed by atoms with Crippen LogP contribution >= 0.6 is 23.2 Å². The second-order valence-electron chi connectivity index (χ2n) is 8.01. The van der Waals surface area contributed by atoms with E-state index in [9.17, 15) is 13.2 Å². The predicted molar refractivity (Wildman–Crippen MR) is 125 cm³/mol. The lowest BCUT2D eigenvalue weighted by atomic mass is 9.98. The van der Waals surface area contributed by atoms with Crippen LogP contribution in [0.3, 0.4) is 0 Å². The number of anilines is 1. The first-order chi connectivity index (χ1) is 14.7. The molecule has 0 spiro atoms. The molecule has 2 aromatic rings. The van der Waals surface area contributed by atoms with Crippen molar-refractivity contribution in [2.45, 2.75) is 43.5 Å². The summed E-state index contributed by atoms with van der Waals surface area (Å²) in [4.78, 5) is 14.9. The van der Waals surface area contributed by atoms with Crippen LogP contribution in [-0.4, -0.2) is 38.4 Å². The summed E-state index contributed by atoms with van der Waals surface area (Å²) in [5.41, 5.74) is 6.87. The number of benzene rings is 2. The van der Waals surface area contributed by atoms with E-state index < -0.39 is 16.1 Å². The van der Waals surface area contributed by atoms with Crippen molar-refractivity contribution in [2.24, 2.45) is 5.92 Å². The summed E-state index contributed by atoms with van der Waals surface area (Å²) in [5, 5.41) is 0.0927. The molecule has 31 heavy (non-hydrogen) atoms. The molecule has 6 nitrogen and oxygen atoms in total. The number of piperidine rings is 1. The molecule has 3 N–H and O–H groups in total. The van der Waals surface area contributed by atoms with Crippen molar-refractivity contribution in [3.8, 4) is 0 Å². The fraction of sp³-hybridized carbons (Fsp3) is 0.409. The highest BCUT2D eigenvalue weighted by atomic mass is 35.5. The molecule has 0 aliphatic carbocycles. The maximum absolute atomic E-state index is 13.3. The molecule has 2 aromatic carbocycles. The molecule has 1 aliphatic rings. The summed E-state index contributed by atoms with van der Waals surface area (Å²) in [5.74, 6) is 0.349. The van der Waals surface area contributed by atoms with E-state index >= 15 is 0 Å². The number of amides is 1. The van der Waals surface area contributed by atoms with Crippen LogP contribution in [0.4, 0.5) is 5.69 Å². The van der Waals surface area contributed by atoms with Crippen molar-refractivity contribution in [1.82, 2.24) is 9.62 Å². The van der Waals surface area contributed by atoms with Gasteiger partial charge in [0.25, 0.3) is 0 Å². The number of halogens is 2. The SMILES string of the molecule is CC1CCN(C(=O)C(CCc2ccccc2)NS(=O)(=O)c2cc(Cl)c(N)c(Cl)c2)CC1. The first-order valence-electron chi connectivity index (χ1n) is 10.3. The maximum Gasteiger partial charge on any atom is 0.241 e. The van der Waals surface area contributed by atoms with E-state index in [2.05, 4.69) is 11.6 Å². The van der Waals surface area contributed by atoms with Crippen molar-refractivity contribution in [3.05, 3.63) is 58.1 Å². The van der Waals surface area contributed by atoms with Crippen molar-refractivity contribution in [3.63, 3.8) is 0 Å². The Kier molecular flexibility index (Phi) is 7.86. The third kappa shape index (κ3) is 6.13. The van der Waals surface area contributed by atoms with Gasteiger partial charge in [-0.05, 0) is 49.3 Å². The normalized spacial score (nSPS) is 16.3. The second-order valence-corrected chi connectivity index (χ2v) is 10.5. The van der Waals surface area contributed by atoms with E-state index in [4.69, 9.17) is 28.9 Å². The van der Waals surface area contributed by atoms with Crippen molar-refractivity contribution in [2.75, 3.05) is 18.8 Å². The number of nitrogens with one attached hydrogen (secondary N) is 1. The van der Waals surface area contributed by atoms with Crippen LogP contribution in [0, 0.1) is 5.92 Å². The van der Waals surface area contributed by atoms with E-state index in [0.717, 1.165) is 18.4 Å². The summed E-state index contributed by atoms with van der Waals surface area (Å²) in [6, 6.07) is 11.3. The number of sulfonamides is 1.